The Morgan fingerprint density at radius 3 is 2.70 bits per heavy atom. The Morgan fingerprint density at radius 1 is 1.37 bits per heavy atom. The van der Waals surface area contributed by atoms with Crippen LogP contribution in [0.4, 0.5) is 0 Å². The molecule has 0 radical (unpaired) electrons. The van der Waals surface area contributed by atoms with Crippen molar-refractivity contribution in [2.75, 3.05) is 26.3 Å². The number of carboxylic acids is 1. The number of ether oxygens (including phenoxy) is 1. The van der Waals surface area contributed by atoms with Crippen LogP contribution < -0.4 is 5.32 Å². The fourth-order valence-corrected chi connectivity index (χ4v) is 3.14. The summed E-state index contributed by atoms with van der Waals surface area (Å²) in [7, 11) is 0. The van der Waals surface area contributed by atoms with Gasteiger partial charge < -0.3 is 20.1 Å². The summed E-state index contributed by atoms with van der Waals surface area (Å²) in [6, 6.07) is 7.77. The van der Waals surface area contributed by atoms with Crippen LogP contribution in [-0.4, -0.2) is 60.1 Å². The summed E-state index contributed by atoms with van der Waals surface area (Å²) < 4.78 is 5.17. The Kier molecular flexibility index (Phi) is 7.12. The fraction of sp³-hybridized carbons (Fsp3) is 0.450. The molecule has 1 aliphatic heterocycles. The predicted molar refractivity (Wildman–Crippen MR) is 100 cm³/mol. The first kappa shape index (κ1) is 20.6. The Morgan fingerprint density at radius 2 is 2.07 bits per heavy atom. The molecule has 146 valence electrons. The third-order valence-electron chi connectivity index (χ3n) is 4.68. The number of carbonyl (C=O) groups is 3. The molecule has 0 aliphatic carbocycles. The Hall–Kier alpha value is -2.67. The van der Waals surface area contributed by atoms with Gasteiger partial charge in [0.15, 0.2) is 6.04 Å². The molecular formula is C20H26N2O5. The highest BCUT2D eigenvalue weighted by Gasteiger charge is 2.40. The lowest BCUT2D eigenvalue weighted by Crippen LogP contribution is -2.55. The standard InChI is InChI=1S/C20H26N2O5/c1-3-12-27-13-16(18(24)25)21-19(26)20(2)10-7-11-22(14-20)17(23)15-8-5-4-6-9-15/h3-6,8-9,16H,1,7,10-14H2,2H3,(H,21,26)(H,24,25). The highest BCUT2D eigenvalue weighted by Crippen LogP contribution is 2.30. The van der Waals surface area contributed by atoms with Crippen LogP contribution in [0.5, 0.6) is 0 Å². The molecule has 27 heavy (non-hydrogen) atoms. The second-order valence-corrected chi connectivity index (χ2v) is 6.95. The molecule has 0 bridgehead atoms. The highest BCUT2D eigenvalue weighted by molar-refractivity contribution is 5.95. The number of aliphatic carboxylic acids is 1. The van der Waals surface area contributed by atoms with Gasteiger partial charge in [-0.15, -0.1) is 6.58 Å². The molecule has 7 heteroatoms. The van der Waals surface area contributed by atoms with E-state index in [1.54, 1.807) is 36.1 Å². The van der Waals surface area contributed by atoms with Gasteiger partial charge in [-0.25, -0.2) is 4.79 Å². The molecule has 1 aromatic rings. The summed E-state index contributed by atoms with van der Waals surface area (Å²) in [6.45, 7) is 6.14. The Bertz CT molecular complexity index is 691. The van der Waals surface area contributed by atoms with Crippen LogP contribution >= 0.6 is 0 Å². The number of amides is 2. The zero-order valence-corrected chi connectivity index (χ0v) is 15.5. The van der Waals surface area contributed by atoms with E-state index in [1.165, 1.54) is 6.08 Å². The molecule has 2 unspecified atom stereocenters. The van der Waals surface area contributed by atoms with Gasteiger partial charge in [-0.2, -0.15) is 0 Å². The van der Waals surface area contributed by atoms with E-state index in [0.29, 0.717) is 24.9 Å². The number of hydrogen-bond acceptors (Lipinski definition) is 4. The quantitative estimate of drug-likeness (QED) is 0.533. The van der Waals surface area contributed by atoms with Crippen molar-refractivity contribution in [3.63, 3.8) is 0 Å². The van der Waals surface area contributed by atoms with E-state index >= 15 is 0 Å². The van der Waals surface area contributed by atoms with Gasteiger partial charge in [-0.05, 0) is 31.9 Å². The van der Waals surface area contributed by atoms with Crippen molar-refractivity contribution in [2.24, 2.45) is 5.41 Å². The summed E-state index contributed by atoms with van der Waals surface area (Å²) in [5.74, 6) is -1.68. The van der Waals surface area contributed by atoms with E-state index < -0.39 is 17.4 Å². The molecule has 1 saturated heterocycles. The summed E-state index contributed by atoms with van der Waals surface area (Å²) in [6.07, 6.45) is 2.76. The van der Waals surface area contributed by atoms with Crippen molar-refractivity contribution in [3.05, 3.63) is 48.6 Å². The maximum absolute atomic E-state index is 12.8. The van der Waals surface area contributed by atoms with Gasteiger partial charge in [0.25, 0.3) is 5.91 Å². The minimum atomic E-state index is -1.16. The molecule has 1 aromatic carbocycles. The second-order valence-electron chi connectivity index (χ2n) is 6.95. The van der Waals surface area contributed by atoms with E-state index in [9.17, 15) is 19.5 Å². The highest BCUT2D eigenvalue weighted by atomic mass is 16.5. The molecule has 2 atom stereocenters. The molecule has 0 saturated carbocycles. The van der Waals surface area contributed by atoms with E-state index in [-0.39, 0.29) is 31.6 Å². The molecule has 0 aromatic heterocycles. The van der Waals surface area contributed by atoms with Crippen LogP contribution in [0.25, 0.3) is 0 Å². The largest absolute Gasteiger partial charge is 0.480 e. The molecule has 1 heterocycles. The van der Waals surface area contributed by atoms with E-state index in [0.717, 1.165) is 0 Å². The number of benzene rings is 1. The van der Waals surface area contributed by atoms with Gasteiger partial charge in [0, 0.05) is 18.7 Å². The lowest BCUT2D eigenvalue weighted by Gasteiger charge is -2.39. The molecule has 7 nitrogen and oxygen atoms in total. The summed E-state index contributed by atoms with van der Waals surface area (Å²) >= 11 is 0. The lowest BCUT2D eigenvalue weighted by atomic mass is 9.80. The number of likely N-dealkylation sites (tertiary alicyclic amines) is 1. The molecule has 1 fully saturated rings. The summed E-state index contributed by atoms with van der Waals surface area (Å²) in [5, 5.41) is 11.9. The Balaban J connectivity index is 2.04. The molecule has 0 spiro atoms. The number of hydrogen-bond donors (Lipinski definition) is 2. The van der Waals surface area contributed by atoms with Crippen molar-refractivity contribution in [1.82, 2.24) is 10.2 Å². The average Bonchev–Trinajstić information content (AvgIpc) is 2.67. The monoisotopic (exact) mass is 374 g/mol. The number of nitrogens with zero attached hydrogens (tertiary/aromatic N) is 1. The maximum atomic E-state index is 12.8. The number of rotatable bonds is 8. The van der Waals surface area contributed by atoms with Gasteiger partial charge in [0.2, 0.25) is 5.91 Å². The van der Waals surface area contributed by atoms with Crippen molar-refractivity contribution in [1.29, 1.82) is 0 Å². The third-order valence-corrected chi connectivity index (χ3v) is 4.68. The molecule has 2 rings (SSSR count). The first-order valence-electron chi connectivity index (χ1n) is 8.94. The van der Waals surface area contributed by atoms with Crippen molar-refractivity contribution >= 4 is 17.8 Å². The fourth-order valence-electron chi connectivity index (χ4n) is 3.14. The summed E-state index contributed by atoms with van der Waals surface area (Å²) in [5.41, 5.74) is -0.280. The van der Waals surface area contributed by atoms with E-state index in [2.05, 4.69) is 11.9 Å². The molecular weight excluding hydrogens is 348 g/mol. The maximum Gasteiger partial charge on any atom is 0.328 e. The summed E-state index contributed by atoms with van der Waals surface area (Å²) in [4.78, 5) is 38.5. The van der Waals surface area contributed by atoms with Crippen molar-refractivity contribution in [2.45, 2.75) is 25.8 Å². The van der Waals surface area contributed by atoms with E-state index in [4.69, 9.17) is 4.74 Å². The SMILES string of the molecule is C=CCOCC(NC(=O)C1(C)CCCN(C(=O)c2ccccc2)C1)C(=O)O. The van der Waals surface area contributed by atoms with Gasteiger partial charge in [-0.1, -0.05) is 24.3 Å². The number of piperidine rings is 1. The van der Waals surface area contributed by atoms with Crippen LogP contribution in [0.15, 0.2) is 43.0 Å². The van der Waals surface area contributed by atoms with Crippen LogP contribution in [0.3, 0.4) is 0 Å². The minimum Gasteiger partial charge on any atom is -0.480 e. The molecule has 2 amide bonds. The van der Waals surface area contributed by atoms with Gasteiger partial charge in [-0.3, -0.25) is 9.59 Å². The predicted octanol–water partition coefficient (Wildman–Crippen LogP) is 1.70. The molecule has 2 N–H and O–H groups in total. The van der Waals surface area contributed by atoms with Crippen molar-refractivity contribution in [3.8, 4) is 0 Å². The second kappa shape index (κ2) is 9.32. The zero-order chi connectivity index (χ0) is 19.9. The number of carboxylic acid groups (broad SMARTS) is 1. The van der Waals surface area contributed by atoms with Crippen LogP contribution in [-0.2, 0) is 14.3 Å². The normalized spacial score (nSPS) is 20.6. The Labute approximate surface area is 159 Å². The van der Waals surface area contributed by atoms with Crippen molar-refractivity contribution < 1.29 is 24.2 Å². The van der Waals surface area contributed by atoms with Gasteiger partial charge in [0.05, 0.1) is 18.6 Å². The lowest BCUT2D eigenvalue weighted by molar-refractivity contribution is -0.146. The van der Waals surface area contributed by atoms with Crippen LogP contribution in [0, 0.1) is 5.41 Å². The van der Waals surface area contributed by atoms with E-state index in [1.807, 2.05) is 6.07 Å². The first-order valence-corrected chi connectivity index (χ1v) is 8.94. The zero-order valence-electron chi connectivity index (χ0n) is 15.5. The van der Waals surface area contributed by atoms with Gasteiger partial charge in [0.1, 0.15) is 0 Å². The minimum absolute atomic E-state index is 0.126. The first-order chi connectivity index (χ1) is 12.9. The van der Waals surface area contributed by atoms with Crippen LogP contribution in [0.1, 0.15) is 30.1 Å². The molecule has 1 aliphatic rings. The average molecular weight is 374 g/mol. The number of nitrogens with one attached hydrogen (secondary N) is 1. The smallest absolute Gasteiger partial charge is 0.328 e. The third kappa shape index (κ3) is 5.40. The number of carbonyl (C=O) groups excluding carboxylic acids is 2. The van der Waals surface area contributed by atoms with Crippen LogP contribution in [0.2, 0.25) is 0 Å². The topological polar surface area (TPSA) is 95.9 Å². The van der Waals surface area contributed by atoms with Gasteiger partial charge >= 0.3 is 5.97 Å².